The lowest BCUT2D eigenvalue weighted by Crippen LogP contribution is -2.13. The van der Waals surface area contributed by atoms with Gasteiger partial charge >= 0.3 is 0 Å². The Balaban J connectivity index is 1.95. The Morgan fingerprint density at radius 2 is 2.00 bits per heavy atom. The minimum atomic E-state index is 0.404. The van der Waals surface area contributed by atoms with Gasteiger partial charge in [-0.05, 0) is 68.3 Å². The summed E-state index contributed by atoms with van der Waals surface area (Å²) in [7, 11) is 0. The van der Waals surface area contributed by atoms with Crippen molar-refractivity contribution in [3.8, 4) is 0 Å². The first kappa shape index (κ1) is 14.3. The minimum Gasteiger partial charge on any atom is -0.131 e. The van der Waals surface area contributed by atoms with Crippen molar-refractivity contribution in [3.05, 3.63) is 54.6 Å². The number of alkyl halides is 1. The summed E-state index contributed by atoms with van der Waals surface area (Å²) in [4.78, 5) is 1.79. The Morgan fingerprint density at radius 3 is 2.74 bits per heavy atom. The molecule has 0 spiro atoms. The maximum absolute atomic E-state index is 3.93. The summed E-state index contributed by atoms with van der Waals surface area (Å²) in [5.74, 6) is 0.586. The van der Waals surface area contributed by atoms with E-state index in [9.17, 15) is 0 Å². The van der Waals surface area contributed by atoms with Crippen LogP contribution in [-0.2, 0) is 6.42 Å². The molecule has 0 amide bonds. The van der Waals surface area contributed by atoms with E-state index in [1.807, 2.05) is 11.3 Å². The van der Waals surface area contributed by atoms with E-state index in [0.29, 0.717) is 10.7 Å². The molecule has 1 aliphatic rings. The van der Waals surface area contributed by atoms with Crippen LogP contribution in [-0.4, -0.2) is 0 Å². The number of rotatable bonds is 2. The standard InChI is InChI=1S/C15H13Br3S/c16-12-8-13(19-15(12)18)14(17)11-7-3-5-9-4-1-2-6-10(9)11/h1-2,4,6,8,11,14H,3,5,7H2. The maximum atomic E-state index is 3.93. The molecule has 0 fully saturated rings. The number of halogens is 3. The number of benzene rings is 1. The molecule has 0 bridgehead atoms. The molecule has 0 nitrogen and oxygen atoms in total. The summed E-state index contributed by atoms with van der Waals surface area (Å²) in [6, 6.07) is 11.1. The number of hydrogen-bond acceptors (Lipinski definition) is 1. The van der Waals surface area contributed by atoms with Crippen LogP contribution in [0.15, 0.2) is 38.6 Å². The van der Waals surface area contributed by atoms with Gasteiger partial charge in [-0.2, -0.15) is 0 Å². The van der Waals surface area contributed by atoms with E-state index >= 15 is 0 Å². The Hall–Kier alpha value is 0.360. The zero-order chi connectivity index (χ0) is 13.4. The molecule has 2 aromatic rings. The summed E-state index contributed by atoms with van der Waals surface area (Å²) >= 11 is 12.9. The van der Waals surface area contributed by atoms with Gasteiger partial charge in [0.25, 0.3) is 0 Å². The highest BCUT2D eigenvalue weighted by Gasteiger charge is 2.28. The average Bonchev–Trinajstić information content (AvgIpc) is 2.77. The molecule has 0 N–H and O–H groups in total. The molecular weight excluding hydrogens is 452 g/mol. The van der Waals surface area contributed by atoms with Gasteiger partial charge in [-0.1, -0.05) is 40.2 Å². The van der Waals surface area contributed by atoms with Gasteiger partial charge < -0.3 is 0 Å². The Bertz CT molecular complexity index is 571. The molecule has 100 valence electrons. The van der Waals surface area contributed by atoms with Crippen molar-refractivity contribution < 1.29 is 0 Å². The van der Waals surface area contributed by atoms with E-state index in [2.05, 4.69) is 78.1 Å². The fourth-order valence-corrected chi connectivity index (χ4v) is 5.89. The largest absolute Gasteiger partial charge is 0.131 e. The highest BCUT2D eigenvalue weighted by Crippen LogP contribution is 2.48. The van der Waals surface area contributed by atoms with Crippen LogP contribution in [0.2, 0.25) is 0 Å². The van der Waals surface area contributed by atoms with E-state index in [1.54, 1.807) is 0 Å². The Labute approximate surface area is 143 Å². The Morgan fingerprint density at radius 1 is 1.21 bits per heavy atom. The summed E-state index contributed by atoms with van der Waals surface area (Å²) in [5, 5.41) is 0. The van der Waals surface area contributed by atoms with E-state index in [1.165, 1.54) is 39.1 Å². The smallest absolute Gasteiger partial charge is 0.0843 e. The second-order valence-corrected chi connectivity index (χ2v) is 9.11. The summed E-state index contributed by atoms with van der Waals surface area (Å²) in [5.41, 5.74) is 3.05. The predicted molar refractivity (Wildman–Crippen MR) is 93.5 cm³/mol. The van der Waals surface area contributed by atoms with E-state index in [-0.39, 0.29) is 0 Å². The van der Waals surface area contributed by atoms with E-state index in [0.717, 1.165) is 4.47 Å². The van der Waals surface area contributed by atoms with Crippen LogP contribution >= 0.6 is 59.1 Å². The molecule has 0 radical (unpaired) electrons. The molecule has 2 unspecified atom stereocenters. The second kappa shape index (κ2) is 6.00. The third kappa shape index (κ3) is 2.87. The fourth-order valence-electron chi connectivity index (χ4n) is 2.79. The number of thiophene rings is 1. The zero-order valence-electron chi connectivity index (χ0n) is 10.2. The lowest BCUT2D eigenvalue weighted by Gasteiger charge is -2.28. The monoisotopic (exact) mass is 462 g/mol. The van der Waals surface area contributed by atoms with Gasteiger partial charge in [0, 0.05) is 15.3 Å². The van der Waals surface area contributed by atoms with Crippen molar-refractivity contribution in [2.75, 3.05) is 0 Å². The molecule has 1 aromatic carbocycles. The number of hydrogen-bond donors (Lipinski definition) is 0. The molecule has 4 heteroatoms. The molecule has 0 saturated heterocycles. The van der Waals surface area contributed by atoms with Gasteiger partial charge in [0.2, 0.25) is 0 Å². The van der Waals surface area contributed by atoms with Crippen molar-refractivity contribution in [2.24, 2.45) is 0 Å². The lowest BCUT2D eigenvalue weighted by atomic mass is 9.81. The van der Waals surface area contributed by atoms with Crippen LogP contribution in [0, 0.1) is 0 Å². The topological polar surface area (TPSA) is 0 Å². The van der Waals surface area contributed by atoms with Crippen molar-refractivity contribution >= 4 is 59.1 Å². The quantitative estimate of drug-likeness (QED) is 0.427. The molecule has 19 heavy (non-hydrogen) atoms. The van der Waals surface area contributed by atoms with E-state index in [4.69, 9.17) is 0 Å². The van der Waals surface area contributed by atoms with Crippen molar-refractivity contribution in [1.82, 2.24) is 0 Å². The lowest BCUT2D eigenvalue weighted by molar-refractivity contribution is 0.550. The van der Waals surface area contributed by atoms with Crippen LogP contribution in [0.4, 0.5) is 0 Å². The fraction of sp³-hybridized carbons (Fsp3) is 0.333. The molecule has 0 aliphatic heterocycles. The summed E-state index contributed by atoms with van der Waals surface area (Å²) < 4.78 is 2.33. The van der Waals surface area contributed by atoms with Crippen molar-refractivity contribution in [1.29, 1.82) is 0 Å². The van der Waals surface area contributed by atoms with Gasteiger partial charge in [-0.15, -0.1) is 11.3 Å². The highest BCUT2D eigenvalue weighted by atomic mass is 79.9. The summed E-state index contributed by atoms with van der Waals surface area (Å²) in [6.07, 6.45) is 3.78. The van der Waals surface area contributed by atoms with Crippen LogP contribution in [0.5, 0.6) is 0 Å². The highest BCUT2D eigenvalue weighted by molar-refractivity contribution is 9.13. The van der Waals surface area contributed by atoms with E-state index < -0.39 is 0 Å². The molecule has 1 aromatic heterocycles. The second-order valence-electron chi connectivity index (χ2n) is 4.87. The molecule has 1 heterocycles. The third-order valence-corrected chi connectivity index (χ3v) is 8.48. The van der Waals surface area contributed by atoms with Crippen molar-refractivity contribution in [2.45, 2.75) is 30.0 Å². The molecule has 2 atom stereocenters. The van der Waals surface area contributed by atoms with Gasteiger partial charge in [0.05, 0.1) is 8.61 Å². The first-order chi connectivity index (χ1) is 9.16. The third-order valence-electron chi connectivity index (χ3n) is 3.71. The van der Waals surface area contributed by atoms with Gasteiger partial charge in [-0.25, -0.2) is 0 Å². The summed E-state index contributed by atoms with van der Waals surface area (Å²) in [6.45, 7) is 0. The van der Waals surface area contributed by atoms with Crippen LogP contribution < -0.4 is 0 Å². The predicted octanol–water partition coefficient (Wildman–Crippen LogP) is 6.83. The van der Waals surface area contributed by atoms with Crippen molar-refractivity contribution in [3.63, 3.8) is 0 Å². The van der Waals surface area contributed by atoms with Gasteiger partial charge in [0.15, 0.2) is 0 Å². The number of fused-ring (bicyclic) bond motifs is 1. The van der Waals surface area contributed by atoms with Crippen LogP contribution in [0.1, 0.15) is 39.6 Å². The minimum absolute atomic E-state index is 0.404. The molecule has 0 saturated carbocycles. The van der Waals surface area contributed by atoms with Crippen LogP contribution in [0.25, 0.3) is 0 Å². The number of aryl methyl sites for hydroxylation is 1. The SMILES string of the molecule is Brc1cc(C(Br)C2CCCc3ccccc32)sc1Br. The first-order valence-corrected chi connectivity index (χ1v) is 9.65. The normalized spacial score (nSPS) is 20.1. The molecule has 1 aliphatic carbocycles. The first-order valence-electron chi connectivity index (χ1n) is 6.33. The zero-order valence-corrected chi connectivity index (χ0v) is 15.8. The molecular formula is C15H13Br3S. The Kier molecular flexibility index (Phi) is 4.52. The van der Waals surface area contributed by atoms with Gasteiger partial charge in [0.1, 0.15) is 0 Å². The average molecular weight is 465 g/mol. The van der Waals surface area contributed by atoms with Gasteiger partial charge in [-0.3, -0.25) is 0 Å². The molecule has 3 rings (SSSR count). The maximum Gasteiger partial charge on any atom is 0.0843 e. The van der Waals surface area contributed by atoms with Crippen LogP contribution in [0.3, 0.4) is 0 Å².